The monoisotopic (exact) mass is 350 g/mol. The summed E-state index contributed by atoms with van der Waals surface area (Å²) in [5.74, 6) is 1.15. The molecule has 0 aliphatic rings. The minimum atomic E-state index is -0.218. The first-order valence-electron chi connectivity index (χ1n) is 8.79. The summed E-state index contributed by atoms with van der Waals surface area (Å²) in [6, 6.07) is 18.8. The zero-order valence-corrected chi connectivity index (χ0v) is 15.0. The van der Waals surface area contributed by atoms with Gasteiger partial charge in [-0.1, -0.05) is 42.5 Å². The van der Waals surface area contributed by atoms with Crippen molar-refractivity contribution in [3.8, 4) is 11.3 Å². The van der Waals surface area contributed by atoms with E-state index in [0.29, 0.717) is 12.5 Å². The van der Waals surface area contributed by atoms with Crippen LogP contribution in [0.2, 0.25) is 0 Å². The van der Waals surface area contributed by atoms with Gasteiger partial charge in [0.1, 0.15) is 11.6 Å². The van der Waals surface area contributed by atoms with E-state index < -0.39 is 0 Å². The third-order valence-corrected chi connectivity index (χ3v) is 3.84. The van der Waals surface area contributed by atoms with Crippen LogP contribution in [0, 0.1) is 5.82 Å². The quantitative estimate of drug-likeness (QED) is 0.645. The van der Waals surface area contributed by atoms with Crippen LogP contribution in [0.1, 0.15) is 19.4 Å². The molecule has 0 unspecified atom stereocenters. The lowest BCUT2D eigenvalue weighted by molar-refractivity contribution is 0.627. The summed E-state index contributed by atoms with van der Waals surface area (Å²) >= 11 is 0. The Hall–Kier alpha value is -2.95. The van der Waals surface area contributed by atoms with Gasteiger partial charge >= 0.3 is 0 Å². The molecular formula is C21H23FN4. The van der Waals surface area contributed by atoms with E-state index >= 15 is 0 Å². The minimum Gasteiger partial charge on any atom is -0.368 e. The number of aromatic nitrogens is 2. The Morgan fingerprint density at radius 3 is 2.38 bits per heavy atom. The number of rotatable bonds is 7. The Kier molecular flexibility index (Phi) is 5.79. The smallest absolute Gasteiger partial charge is 0.225 e. The first-order valence-corrected chi connectivity index (χ1v) is 8.79. The summed E-state index contributed by atoms with van der Waals surface area (Å²) in [5, 5.41) is 6.61. The van der Waals surface area contributed by atoms with Crippen molar-refractivity contribution >= 4 is 11.8 Å². The van der Waals surface area contributed by atoms with Crippen LogP contribution >= 0.6 is 0 Å². The van der Waals surface area contributed by atoms with E-state index in [1.54, 1.807) is 12.1 Å². The van der Waals surface area contributed by atoms with Gasteiger partial charge in [0.15, 0.2) is 0 Å². The zero-order valence-electron chi connectivity index (χ0n) is 15.0. The van der Waals surface area contributed by atoms with Crippen molar-refractivity contribution < 1.29 is 4.39 Å². The van der Waals surface area contributed by atoms with Gasteiger partial charge in [0.25, 0.3) is 0 Å². The summed E-state index contributed by atoms with van der Waals surface area (Å²) in [4.78, 5) is 9.19. The highest BCUT2D eigenvalue weighted by atomic mass is 19.1. The minimum absolute atomic E-state index is 0.218. The molecule has 1 heterocycles. The molecule has 0 radical (unpaired) electrons. The third kappa shape index (κ3) is 5.02. The van der Waals surface area contributed by atoms with E-state index in [9.17, 15) is 4.39 Å². The summed E-state index contributed by atoms with van der Waals surface area (Å²) in [5.41, 5.74) is 2.98. The van der Waals surface area contributed by atoms with Crippen molar-refractivity contribution in [1.29, 1.82) is 0 Å². The van der Waals surface area contributed by atoms with Crippen LogP contribution < -0.4 is 10.6 Å². The lowest BCUT2D eigenvalue weighted by atomic mass is 10.1. The molecule has 0 saturated carbocycles. The van der Waals surface area contributed by atoms with E-state index in [4.69, 9.17) is 0 Å². The molecule has 2 N–H and O–H groups in total. The summed E-state index contributed by atoms with van der Waals surface area (Å²) < 4.78 is 13.0. The van der Waals surface area contributed by atoms with Crippen LogP contribution in [0.4, 0.5) is 16.2 Å². The second-order valence-corrected chi connectivity index (χ2v) is 6.43. The molecule has 26 heavy (non-hydrogen) atoms. The van der Waals surface area contributed by atoms with Gasteiger partial charge in [0.05, 0.1) is 5.69 Å². The first kappa shape index (κ1) is 17.9. The van der Waals surface area contributed by atoms with Crippen LogP contribution in [-0.2, 0) is 6.42 Å². The molecule has 3 rings (SSSR count). The molecule has 0 spiro atoms. The fourth-order valence-electron chi connectivity index (χ4n) is 2.62. The normalized spacial score (nSPS) is 10.8. The number of nitrogens with zero attached hydrogens (tertiary/aromatic N) is 2. The Balaban J connectivity index is 1.75. The maximum atomic E-state index is 13.0. The number of benzene rings is 2. The zero-order chi connectivity index (χ0) is 18.4. The molecule has 0 amide bonds. The molecule has 134 valence electrons. The molecule has 5 heteroatoms. The second kappa shape index (κ2) is 8.43. The van der Waals surface area contributed by atoms with Crippen LogP contribution in [-0.4, -0.2) is 22.6 Å². The number of anilines is 2. The van der Waals surface area contributed by atoms with Gasteiger partial charge < -0.3 is 10.6 Å². The van der Waals surface area contributed by atoms with Gasteiger partial charge in [-0.15, -0.1) is 0 Å². The van der Waals surface area contributed by atoms with Gasteiger partial charge in [0, 0.05) is 24.2 Å². The second-order valence-electron chi connectivity index (χ2n) is 6.43. The first-order chi connectivity index (χ1) is 12.6. The Bertz CT molecular complexity index is 832. The molecule has 0 aliphatic carbocycles. The fraction of sp³-hybridized carbons (Fsp3) is 0.238. The average molecular weight is 350 g/mol. The standard InChI is InChI=1S/C21H23FN4/c1-15(2)24-20-14-19(17-6-4-3-5-7-17)25-21(26-20)23-13-12-16-8-10-18(22)11-9-16/h3-11,14-15H,12-13H2,1-2H3,(H2,23,24,25,26). The summed E-state index contributed by atoms with van der Waals surface area (Å²) in [7, 11) is 0. The fourth-order valence-corrected chi connectivity index (χ4v) is 2.62. The number of halogens is 1. The van der Waals surface area contributed by atoms with Crippen molar-refractivity contribution in [2.24, 2.45) is 0 Å². The molecular weight excluding hydrogens is 327 g/mol. The van der Waals surface area contributed by atoms with Crippen molar-refractivity contribution in [1.82, 2.24) is 9.97 Å². The number of nitrogens with one attached hydrogen (secondary N) is 2. The summed E-state index contributed by atoms with van der Waals surface area (Å²) in [6.45, 7) is 4.82. The van der Waals surface area contributed by atoms with Gasteiger partial charge in [-0.05, 0) is 38.0 Å². The number of hydrogen-bond acceptors (Lipinski definition) is 4. The van der Waals surface area contributed by atoms with E-state index in [0.717, 1.165) is 29.1 Å². The highest BCUT2D eigenvalue weighted by Gasteiger charge is 2.07. The Labute approximate surface area is 153 Å². The van der Waals surface area contributed by atoms with Crippen LogP contribution in [0.5, 0.6) is 0 Å². The number of hydrogen-bond donors (Lipinski definition) is 2. The lowest BCUT2D eigenvalue weighted by Crippen LogP contribution is -2.14. The van der Waals surface area contributed by atoms with Gasteiger partial charge in [-0.3, -0.25) is 0 Å². The van der Waals surface area contributed by atoms with E-state index in [2.05, 4.69) is 34.4 Å². The van der Waals surface area contributed by atoms with Gasteiger partial charge in [0.2, 0.25) is 5.95 Å². The molecule has 0 bridgehead atoms. The lowest BCUT2D eigenvalue weighted by Gasteiger charge is -2.13. The molecule has 0 saturated heterocycles. The molecule has 0 atom stereocenters. The molecule has 0 aliphatic heterocycles. The van der Waals surface area contributed by atoms with Crippen LogP contribution in [0.3, 0.4) is 0 Å². The van der Waals surface area contributed by atoms with Gasteiger partial charge in [-0.2, -0.15) is 4.98 Å². The largest absolute Gasteiger partial charge is 0.368 e. The van der Waals surface area contributed by atoms with E-state index in [1.165, 1.54) is 12.1 Å². The SMILES string of the molecule is CC(C)Nc1cc(-c2ccccc2)nc(NCCc2ccc(F)cc2)n1. The van der Waals surface area contributed by atoms with Crippen LogP contribution in [0.25, 0.3) is 11.3 Å². The maximum Gasteiger partial charge on any atom is 0.225 e. The topological polar surface area (TPSA) is 49.8 Å². The van der Waals surface area contributed by atoms with E-state index in [-0.39, 0.29) is 11.9 Å². The van der Waals surface area contributed by atoms with Crippen molar-refractivity contribution in [3.63, 3.8) is 0 Å². The average Bonchev–Trinajstić information content (AvgIpc) is 2.63. The Morgan fingerprint density at radius 2 is 1.69 bits per heavy atom. The van der Waals surface area contributed by atoms with Crippen molar-refractivity contribution in [2.75, 3.05) is 17.2 Å². The maximum absolute atomic E-state index is 13.0. The molecule has 0 fully saturated rings. The molecule has 2 aromatic carbocycles. The molecule has 3 aromatic rings. The Morgan fingerprint density at radius 1 is 0.962 bits per heavy atom. The highest BCUT2D eigenvalue weighted by molar-refractivity contribution is 5.64. The van der Waals surface area contributed by atoms with Crippen molar-refractivity contribution in [2.45, 2.75) is 26.3 Å². The molecule has 4 nitrogen and oxygen atoms in total. The van der Waals surface area contributed by atoms with Crippen LogP contribution in [0.15, 0.2) is 60.7 Å². The third-order valence-electron chi connectivity index (χ3n) is 3.84. The van der Waals surface area contributed by atoms with E-state index in [1.807, 2.05) is 36.4 Å². The summed E-state index contributed by atoms with van der Waals surface area (Å²) in [6.07, 6.45) is 0.770. The predicted molar refractivity (Wildman–Crippen MR) is 105 cm³/mol. The molecule has 1 aromatic heterocycles. The van der Waals surface area contributed by atoms with Gasteiger partial charge in [-0.25, -0.2) is 9.37 Å². The highest BCUT2D eigenvalue weighted by Crippen LogP contribution is 2.21. The predicted octanol–water partition coefficient (Wildman–Crippen LogP) is 4.76. The van der Waals surface area contributed by atoms with Crippen molar-refractivity contribution in [3.05, 3.63) is 72.0 Å².